The van der Waals surface area contributed by atoms with Crippen LogP contribution in [0.4, 0.5) is 5.69 Å². The third-order valence-electron chi connectivity index (χ3n) is 7.55. The number of nitrogens with one attached hydrogen (secondary N) is 1. The Morgan fingerprint density at radius 2 is 1.73 bits per heavy atom. The van der Waals surface area contributed by atoms with Crippen molar-refractivity contribution in [2.45, 2.75) is 37.2 Å². The molecule has 0 radical (unpaired) electrons. The second kappa shape index (κ2) is 14.5. The van der Waals surface area contributed by atoms with Gasteiger partial charge in [0, 0.05) is 30.0 Å². The summed E-state index contributed by atoms with van der Waals surface area (Å²) in [6, 6.07) is 24.0. The molecular weight excluding hydrogens is 592 g/mol. The molecule has 0 bridgehead atoms. The minimum absolute atomic E-state index is 0.0562. The Morgan fingerprint density at radius 3 is 2.47 bits per heavy atom. The normalized spacial score (nSPS) is 14.5. The second-order valence-corrected chi connectivity index (χ2v) is 12.8. The van der Waals surface area contributed by atoms with Crippen LogP contribution in [0.15, 0.2) is 102 Å². The maximum absolute atomic E-state index is 13.3. The molecule has 10 heteroatoms. The van der Waals surface area contributed by atoms with E-state index in [-0.39, 0.29) is 22.8 Å². The first-order valence-electron chi connectivity index (χ1n) is 14.9. The monoisotopic (exact) mass is 628 g/mol. The quantitative estimate of drug-likeness (QED) is 0.121. The highest BCUT2D eigenvalue weighted by molar-refractivity contribution is 7.91. The van der Waals surface area contributed by atoms with E-state index in [1.807, 2.05) is 24.3 Å². The molecule has 1 atom stereocenters. The van der Waals surface area contributed by atoms with Crippen LogP contribution < -0.4 is 14.8 Å². The summed E-state index contributed by atoms with van der Waals surface area (Å²) in [6.45, 7) is 3.82. The highest BCUT2D eigenvalue weighted by Crippen LogP contribution is 2.32. The number of carbonyl (C=O) groups excluding carboxylic acids is 1. The van der Waals surface area contributed by atoms with Gasteiger partial charge in [-0.25, -0.2) is 8.42 Å². The number of carbonyl (C=O) groups is 1. The lowest BCUT2D eigenvalue weighted by atomic mass is 10.0. The van der Waals surface area contributed by atoms with Crippen molar-refractivity contribution >= 4 is 27.5 Å². The Bertz CT molecular complexity index is 1770. The summed E-state index contributed by atoms with van der Waals surface area (Å²) in [5.41, 5.74) is 3.61. The van der Waals surface area contributed by atoms with E-state index in [1.165, 1.54) is 6.20 Å². The Balaban J connectivity index is 1.29. The van der Waals surface area contributed by atoms with Gasteiger partial charge in [0.2, 0.25) is 5.69 Å². The van der Waals surface area contributed by atoms with Gasteiger partial charge in [0.05, 0.1) is 17.3 Å². The van der Waals surface area contributed by atoms with Crippen LogP contribution in [-0.4, -0.2) is 45.0 Å². The summed E-state index contributed by atoms with van der Waals surface area (Å²) in [7, 11) is -3.61. The molecule has 0 aliphatic carbocycles. The van der Waals surface area contributed by atoms with Crippen molar-refractivity contribution in [3.63, 3.8) is 0 Å². The van der Waals surface area contributed by atoms with Crippen LogP contribution in [0.1, 0.15) is 49.1 Å². The van der Waals surface area contributed by atoms with Crippen LogP contribution in [0, 0.1) is 5.21 Å². The first-order valence-corrected chi connectivity index (χ1v) is 16.6. The number of ether oxygens (including phenoxy) is 2. The van der Waals surface area contributed by atoms with E-state index in [0.29, 0.717) is 46.1 Å². The molecule has 5 rings (SSSR count). The van der Waals surface area contributed by atoms with E-state index in [4.69, 9.17) is 9.47 Å². The van der Waals surface area contributed by atoms with E-state index in [9.17, 15) is 23.5 Å². The van der Waals surface area contributed by atoms with Gasteiger partial charge >= 0.3 is 0 Å². The van der Waals surface area contributed by atoms with E-state index in [0.717, 1.165) is 30.6 Å². The lowest BCUT2D eigenvalue weighted by molar-refractivity contribution is -0.617. The first-order chi connectivity index (χ1) is 21.7. The van der Waals surface area contributed by atoms with Gasteiger partial charge in [-0.3, -0.25) is 4.79 Å². The summed E-state index contributed by atoms with van der Waals surface area (Å²) in [5, 5.41) is 25.5. The van der Waals surface area contributed by atoms with Gasteiger partial charge in [-0.2, -0.15) is 4.73 Å². The summed E-state index contributed by atoms with van der Waals surface area (Å²) in [6.07, 6.45) is 3.98. The molecule has 9 nitrogen and oxygen atoms in total. The van der Waals surface area contributed by atoms with E-state index < -0.39 is 21.8 Å². The fraction of sp³-hybridized carbons (Fsp3) is 0.257. The number of nitrogens with zero attached hydrogens (tertiary/aromatic N) is 1. The minimum atomic E-state index is -3.61. The number of rotatable bonds is 12. The molecule has 2 heterocycles. The van der Waals surface area contributed by atoms with Crippen LogP contribution in [0.3, 0.4) is 0 Å². The number of sulfone groups is 1. The molecule has 1 aliphatic rings. The molecular formula is C35H36N2O7S. The SMILES string of the molecule is CCCCOCCOc1ccc(-c2ccc3c(c2)C=C(C(=O)Nc2ccc([C@H](O)c4cccc[n+]4[O-])cc2)CCS3(=O)=O)cc1. The highest BCUT2D eigenvalue weighted by atomic mass is 32.2. The zero-order valence-electron chi connectivity index (χ0n) is 25.0. The summed E-state index contributed by atoms with van der Waals surface area (Å²) in [4.78, 5) is 13.5. The lowest BCUT2D eigenvalue weighted by Crippen LogP contribution is -2.32. The average Bonchev–Trinajstić information content (AvgIpc) is 3.18. The van der Waals surface area contributed by atoms with Gasteiger partial charge in [-0.05, 0) is 83.6 Å². The Morgan fingerprint density at radius 1 is 0.978 bits per heavy atom. The Hall–Kier alpha value is -4.51. The van der Waals surface area contributed by atoms with Crippen LogP contribution in [0.25, 0.3) is 17.2 Å². The van der Waals surface area contributed by atoms with E-state index >= 15 is 0 Å². The average molecular weight is 629 g/mol. The number of anilines is 1. The van der Waals surface area contributed by atoms with Crippen molar-refractivity contribution in [3.05, 3.63) is 119 Å². The largest absolute Gasteiger partial charge is 0.618 e. The lowest BCUT2D eigenvalue weighted by Gasteiger charge is -2.12. The Labute approximate surface area is 263 Å². The fourth-order valence-corrected chi connectivity index (χ4v) is 6.47. The molecule has 0 saturated heterocycles. The second-order valence-electron chi connectivity index (χ2n) is 10.8. The van der Waals surface area contributed by atoms with Crippen molar-refractivity contribution in [3.8, 4) is 16.9 Å². The van der Waals surface area contributed by atoms with Crippen molar-refractivity contribution < 1.29 is 32.5 Å². The fourth-order valence-electron chi connectivity index (χ4n) is 5.01. The maximum Gasteiger partial charge on any atom is 0.251 e. The van der Waals surface area contributed by atoms with Crippen LogP contribution in [0.2, 0.25) is 0 Å². The molecule has 1 aliphatic heterocycles. The number of fused-ring (bicyclic) bond motifs is 1. The predicted molar refractivity (Wildman–Crippen MR) is 172 cm³/mol. The number of amides is 1. The number of hydrogen-bond acceptors (Lipinski definition) is 7. The summed E-state index contributed by atoms with van der Waals surface area (Å²) >= 11 is 0. The smallest absolute Gasteiger partial charge is 0.251 e. The van der Waals surface area contributed by atoms with Gasteiger partial charge in [0.1, 0.15) is 12.4 Å². The number of aliphatic hydroxyl groups excluding tert-OH is 1. The molecule has 234 valence electrons. The summed E-state index contributed by atoms with van der Waals surface area (Å²) < 4.78 is 38.1. The molecule has 0 saturated carbocycles. The first kappa shape index (κ1) is 31.9. The van der Waals surface area contributed by atoms with Crippen LogP contribution in [-0.2, 0) is 19.4 Å². The molecule has 3 aromatic carbocycles. The summed E-state index contributed by atoms with van der Waals surface area (Å²) in [5.74, 6) is 0.104. The highest BCUT2D eigenvalue weighted by Gasteiger charge is 2.25. The van der Waals surface area contributed by atoms with Crippen LogP contribution in [0.5, 0.6) is 5.75 Å². The van der Waals surface area contributed by atoms with Gasteiger partial charge < -0.3 is 25.1 Å². The third kappa shape index (κ3) is 7.96. The van der Waals surface area contributed by atoms with Crippen molar-refractivity contribution in [2.75, 3.05) is 30.9 Å². The minimum Gasteiger partial charge on any atom is -0.618 e. The van der Waals surface area contributed by atoms with E-state index in [1.54, 1.807) is 66.7 Å². The van der Waals surface area contributed by atoms with Crippen LogP contribution >= 0.6 is 0 Å². The molecule has 0 unspecified atom stereocenters. The van der Waals surface area contributed by atoms with Crippen molar-refractivity contribution in [1.29, 1.82) is 0 Å². The van der Waals surface area contributed by atoms with Crippen molar-refractivity contribution in [1.82, 2.24) is 0 Å². The predicted octanol–water partition coefficient (Wildman–Crippen LogP) is 5.46. The number of aliphatic hydroxyl groups is 1. The van der Waals surface area contributed by atoms with Gasteiger partial charge in [0.15, 0.2) is 22.1 Å². The number of pyridine rings is 1. The molecule has 1 amide bonds. The van der Waals surface area contributed by atoms with Gasteiger partial charge in [-0.1, -0.05) is 43.7 Å². The number of hydrogen-bond donors (Lipinski definition) is 2. The molecule has 45 heavy (non-hydrogen) atoms. The zero-order valence-corrected chi connectivity index (χ0v) is 25.8. The van der Waals surface area contributed by atoms with Gasteiger partial charge in [0.25, 0.3) is 5.91 Å². The standard InChI is InChI=1S/C35H36N2O7S/c1-2-3-19-43-20-21-44-31-14-9-25(10-15-31)27-11-16-33-29(23-27)24-28(17-22-45(33,41)42)35(39)36-30-12-7-26(8-13-30)34(38)32-6-4-5-18-37(32)40/h4-16,18,23-24,34,38H,2-3,17,19-22H2,1H3,(H,36,39)/t34-/m0/s1. The number of aromatic nitrogens is 1. The molecule has 0 spiro atoms. The van der Waals surface area contributed by atoms with Crippen molar-refractivity contribution in [2.24, 2.45) is 0 Å². The number of unbranched alkanes of at least 4 members (excludes halogenated alkanes) is 1. The third-order valence-corrected chi connectivity index (χ3v) is 9.33. The van der Waals surface area contributed by atoms with E-state index in [2.05, 4.69) is 12.2 Å². The topological polar surface area (TPSA) is 129 Å². The molecule has 4 aromatic rings. The zero-order chi connectivity index (χ0) is 31.8. The maximum atomic E-state index is 13.3. The molecule has 2 N–H and O–H groups in total. The number of benzene rings is 3. The molecule has 1 aromatic heterocycles. The Kier molecular flexibility index (Phi) is 10.3. The molecule has 0 fully saturated rings. The van der Waals surface area contributed by atoms with Gasteiger partial charge in [-0.15, -0.1) is 0 Å².